The molecule has 2 atom stereocenters. The second-order valence-corrected chi connectivity index (χ2v) is 4.92. The summed E-state index contributed by atoms with van der Waals surface area (Å²) in [6, 6.07) is 0.359. The SMILES string of the molecule is CN(C)CCCCN[C@H]1CCCC[C@@H]1O. The van der Waals surface area contributed by atoms with Gasteiger partial charge in [0.1, 0.15) is 0 Å². The first-order chi connectivity index (χ1) is 7.20. The Morgan fingerprint density at radius 3 is 2.60 bits per heavy atom. The zero-order valence-electron chi connectivity index (χ0n) is 10.2. The maximum atomic E-state index is 9.74. The first-order valence-electron chi connectivity index (χ1n) is 6.26. The molecule has 3 heteroatoms. The second-order valence-electron chi connectivity index (χ2n) is 4.92. The van der Waals surface area contributed by atoms with Gasteiger partial charge in [-0.25, -0.2) is 0 Å². The Labute approximate surface area is 93.9 Å². The van der Waals surface area contributed by atoms with Gasteiger partial charge in [-0.3, -0.25) is 0 Å². The minimum atomic E-state index is -0.104. The fraction of sp³-hybridized carbons (Fsp3) is 1.00. The molecule has 0 aliphatic heterocycles. The van der Waals surface area contributed by atoms with Crippen molar-refractivity contribution in [1.82, 2.24) is 10.2 Å². The van der Waals surface area contributed by atoms with Gasteiger partial charge in [0.2, 0.25) is 0 Å². The zero-order valence-corrected chi connectivity index (χ0v) is 10.2. The van der Waals surface area contributed by atoms with E-state index in [2.05, 4.69) is 24.3 Å². The van der Waals surface area contributed by atoms with Crippen LogP contribution in [-0.4, -0.2) is 49.3 Å². The van der Waals surface area contributed by atoms with E-state index in [0.717, 1.165) is 25.9 Å². The number of rotatable bonds is 6. The minimum absolute atomic E-state index is 0.104. The third-order valence-electron chi connectivity index (χ3n) is 3.17. The summed E-state index contributed by atoms with van der Waals surface area (Å²) < 4.78 is 0. The molecular formula is C12H26N2O. The van der Waals surface area contributed by atoms with Gasteiger partial charge in [0.15, 0.2) is 0 Å². The molecule has 1 saturated carbocycles. The summed E-state index contributed by atoms with van der Waals surface area (Å²) in [6.07, 6.45) is 6.94. The van der Waals surface area contributed by atoms with Crippen molar-refractivity contribution in [2.45, 2.75) is 50.7 Å². The smallest absolute Gasteiger partial charge is 0.0693 e. The Morgan fingerprint density at radius 2 is 1.93 bits per heavy atom. The predicted molar refractivity (Wildman–Crippen MR) is 64.1 cm³/mol. The van der Waals surface area contributed by atoms with Crippen molar-refractivity contribution in [2.24, 2.45) is 0 Å². The molecule has 1 rings (SSSR count). The third kappa shape index (κ3) is 5.50. The molecule has 0 amide bonds. The standard InChI is InChI=1S/C12H26N2O/c1-14(2)10-6-5-9-13-11-7-3-4-8-12(11)15/h11-13,15H,3-10H2,1-2H3/t11-,12-/m0/s1. The van der Waals surface area contributed by atoms with Crippen LogP contribution in [0.2, 0.25) is 0 Å². The Morgan fingerprint density at radius 1 is 1.20 bits per heavy atom. The van der Waals surface area contributed by atoms with E-state index in [1.54, 1.807) is 0 Å². The topological polar surface area (TPSA) is 35.5 Å². The molecule has 3 nitrogen and oxygen atoms in total. The summed E-state index contributed by atoms with van der Waals surface area (Å²) in [5, 5.41) is 13.2. The summed E-state index contributed by atoms with van der Waals surface area (Å²) >= 11 is 0. The van der Waals surface area contributed by atoms with Gasteiger partial charge in [0.25, 0.3) is 0 Å². The maximum Gasteiger partial charge on any atom is 0.0693 e. The first kappa shape index (κ1) is 12.9. The molecular weight excluding hydrogens is 188 g/mol. The summed E-state index contributed by atoms with van der Waals surface area (Å²) in [4.78, 5) is 2.22. The average Bonchev–Trinajstić information content (AvgIpc) is 2.20. The normalized spacial score (nSPS) is 27.2. The van der Waals surface area contributed by atoms with Gasteiger partial charge < -0.3 is 15.3 Å². The Kier molecular flexibility index (Phi) is 6.22. The minimum Gasteiger partial charge on any atom is -0.392 e. The maximum absolute atomic E-state index is 9.74. The van der Waals surface area contributed by atoms with E-state index >= 15 is 0 Å². The highest BCUT2D eigenvalue weighted by atomic mass is 16.3. The number of nitrogens with zero attached hydrogens (tertiary/aromatic N) is 1. The molecule has 1 aliphatic carbocycles. The quantitative estimate of drug-likeness (QED) is 0.653. The van der Waals surface area contributed by atoms with E-state index < -0.39 is 0 Å². The van der Waals surface area contributed by atoms with Gasteiger partial charge in [-0.1, -0.05) is 12.8 Å². The molecule has 0 aromatic heterocycles. The molecule has 0 radical (unpaired) electrons. The molecule has 15 heavy (non-hydrogen) atoms. The molecule has 0 unspecified atom stereocenters. The van der Waals surface area contributed by atoms with E-state index in [1.807, 2.05) is 0 Å². The van der Waals surface area contributed by atoms with Crippen LogP contribution in [0.3, 0.4) is 0 Å². The number of hydrogen-bond acceptors (Lipinski definition) is 3. The van der Waals surface area contributed by atoms with E-state index in [-0.39, 0.29) is 6.10 Å². The van der Waals surface area contributed by atoms with Crippen LogP contribution >= 0.6 is 0 Å². The molecule has 0 heterocycles. The second kappa shape index (κ2) is 7.20. The van der Waals surface area contributed by atoms with Gasteiger partial charge >= 0.3 is 0 Å². The van der Waals surface area contributed by atoms with Crippen molar-refractivity contribution in [3.05, 3.63) is 0 Å². The monoisotopic (exact) mass is 214 g/mol. The van der Waals surface area contributed by atoms with Crippen LogP contribution in [0.15, 0.2) is 0 Å². The van der Waals surface area contributed by atoms with Gasteiger partial charge in [0.05, 0.1) is 6.10 Å². The molecule has 0 aromatic rings. The number of aliphatic hydroxyl groups is 1. The van der Waals surface area contributed by atoms with Gasteiger partial charge in [-0.2, -0.15) is 0 Å². The highest BCUT2D eigenvalue weighted by Gasteiger charge is 2.21. The summed E-state index contributed by atoms with van der Waals surface area (Å²) in [7, 11) is 4.22. The lowest BCUT2D eigenvalue weighted by Crippen LogP contribution is -2.42. The van der Waals surface area contributed by atoms with Crippen molar-refractivity contribution >= 4 is 0 Å². The van der Waals surface area contributed by atoms with Gasteiger partial charge in [-0.15, -0.1) is 0 Å². The van der Waals surface area contributed by atoms with Crippen molar-refractivity contribution in [2.75, 3.05) is 27.2 Å². The Bertz CT molecular complexity index is 162. The zero-order chi connectivity index (χ0) is 11.1. The number of nitrogens with one attached hydrogen (secondary N) is 1. The highest BCUT2D eigenvalue weighted by Crippen LogP contribution is 2.18. The van der Waals surface area contributed by atoms with Crippen LogP contribution in [0, 0.1) is 0 Å². The molecule has 0 bridgehead atoms. The van der Waals surface area contributed by atoms with E-state index in [0.29, 0.717) is 6.04 Å². The molecule has 0 spiro atoms. The summed E-state index contributed by atoms with van der Waals surface area (Å²) in [6.45, 7) is 2.21. The van der Waals surface area contributed by atoms with Crippen molar-refractivity contribution in [1.29, 1.82) is 0 Å². The summed E-state index contributed by atoms with van der Waals surface area (Å²) in [5.41, 5.74) is 0. The largest absolute Gasteiger partial charge is 0.392 e. The van der Waals surface area contributed by atoms with Crippen LogP contribution in [-0.2, 0) is 0 Å². The van der Waals surface area contributed by atoms with Crippen LogP contribution < -0.4 is 5.32 Å². The first-order valence-corrected chi connectivity index (χ1v) is 6.26. The van der Waals surface area contributed by atoms with Gasteiger partial charge in [-0.05, 0) is 52.9 Å². The van der Waals surface area contributed by atoms with Crippen molar-refractivity contribution in [3.63, 3.8) is 0 Å². The van der Waals surface area contributed by atoms with Crippen LogP contribution in [0.25, 0.3) is 0 Å². The van der Waals surface area contributed by atoms with Crippen LogP contribution in [0.5, 0.6) is 0 Å². The lowest BCUT2D eigenvalue weighted by Gasteiger charge is -2.28. The van der Waals surface area contributed by atoms with Crippen LogP contribution in [0.4, 0.5) is 0 Å². The lowest BCUT2D eigenvalue weighted by atomic mass is 9.92. The molecule has 1 fully saturated rings. The Balaban J connectivity index is 1.99. The molecule has 0 saturated heterocycles. The highest BCUT2D eigenvalue weighted by molar-refractivity contribution is 4.79. The van der Waals surface area contributed by atoms with Crippen molar-refractivity contribution in [3.8, 4) is 0 Å². The molecule has 1 aliphatic rings. The fourth-order valence-corrected chi connectivity index (χ4v) is 2.19. The van der Waals surface area contributed by atoms with Gasteiger partial charge in [0, 0.05) is 6.04 Å². The fourth-order valence-electron chi connectivity index (χ4n) is 2.19. The number of unbranched alkanes of at least 4 members (excludes halogenated alkanes) is 1. The average molecular weight is 214 g/mol. The molecule has 0 aromatic carbocycles. The van der Waals surface area contributed by atoms with E-state index in [1.165, 1.54) is 25.7 Å². The lowest BCUT2D eigenvalue weighted by molar-refractivity contribution is 0.0909. The predicted octanol–water partition coefficient (Wildman–Crippen LogP) is 1.22. The van der Waals surface area contributed by atoms with Crippen LogP contribution in [0.1, 0.15) is 38.5 Å². The van der Waals surface area contributed by atoms with Crippen molar-refractivity contribution < 1.29 is 5.11 Å². The number of hydrogen-bond donors (Lipinski definition) is 2. The summed E-state index contributed by atoms with van der Waals surface area (Å²) in [5.74, 6) is 0. The molecule has 90 valence electrons. The number of aliphatic hydroxyl groups excluding tert-OH is 1. The van der Waals surface area contributed by atoms with E-state index in [4.69, 9.17) is 0 Å². The van der Waals surface area contributed by atoms with E-state index in [9.17, 15) is 5.11 Å². The third-order valence-corrected chi connectivity index (χ3v) is 3.17. The Hall–Kier alpha value is -0.120. The molecule has 2 N–H and O–H groups in total.